The molecule has 0 bridgehead atoms. The Hall–Kier alpha value is -1.42. The van der Waals surface area contributed by atoms with Crippen LogP contribution in [-0.4, -0.2) is 22.0 Å². The number of carbonyl (C=O) groups is 2. The lowest BCUT2D eigenvalue weighted by atomic mass is 10.1. The number of benzene rings is 1. The van der Waals surface area contributed by atoms with Crippen molar-refractivity contribution >= 4 is 27.7 Å². The van der Waals surface area contributed by atoms with E-state index in [0.29, 0.717) is 11.1 Å². The second kappa shape index (κ2) is 4.61. The standard InChI is InChI=1S/C12H10BrNO2/c13-7-3-4-8-14-11(15)9-5-1-2-6-10(9)12(14)16/h1-2,4-6,8H,3,7H2. The lowest BCUT2D eigenvalue weighted by Gasteiger charge is -2.06. The lowest BCUT2D eigenvalue weighted by molar-refractivity contribution is 0.0721. The highest BCUT2D eigenvalue weighted by atomic mass is 79.9. The third kappa shape index (κ3) is 1.80. The van der Waals surface area contributed by atoms with Crippen LogP contribution in [0.2, 0.25) is 0 Å². The van der Waals surface area contributed by atoms with Crippen molar-refractivity contribution in [3.8, 4) is 0 Å². The number of hydrogen-bond acceptors (Lipinski definition) is 2. The number of amides is 2. The quantitative estimate of drug-likeness (QED) is 0.630. The Labute approximate surface area is 102 Å². The molecule has 16 heavy (non-hydrogen) atoms. The molecule has 0 atom stereocenters. The fourth-order valence-corrected chi connectivity index (χ4v) is 1.85. The highest BCUT2D eigenvalue weighted by molar-refractivity contribution is 9.09. The molecule has 2 amide bonds. The maximum absolute atomic E-state index is 11.8. The third-order valence-electron chi connectivity index (χ3n) is 2.36. The van der Waals surface area contributed by atoms with Crippen molar-refractivity contribution in [2.75, 3.05) is 5.33 Å². The van der Waals surface area contributed by atoms with E-state index in [2.05, 4.69) is 15.9 Å². The van der Waals surface area contributed by atoms with Crippen molar-refractivity contribution in [3.05, 3.63) is 47.7 Å². The summed E-state index contributed by atoms with van der Waals surface area (Å²) in [5.41, 5.74) is 0.965. The number of allylic oxidation sites excluding steroid dienone is 1. The zero-order chi connectivity index (χ0) is 11.5. The molecule has 0 saturated carbocycles. The number of rotatable bonds is 3. The van der Waals surface area contributed by atoms with Crippen molar-refractivity contribution in [2.24, 2.45) is 0 Å². The van der Waals surface area contributed by atoms with E-state index in [1.165, 1.54) is 0 Å². The molecule has 0 N–H and O–H groups in total. The van der Waals surface area contributed by atoms with Gasteiger partial charge in [-0.1, -0.05) is 34.1 Å². The maximum atomic E-state index is 11.8. The summed E-state index contributed by atoms with van der Waals surface area (Å²) in [6, 6.07) is 6.87. The summed E-state index contributed by atoms with van der Waals surface area (Å²) >= 11 is 3.28. The number of hydrogen-bond donors (Lipinski definition) is 0. The van der Waals surface area contributed by atoms with Gasteiger partial charge in [0.25, 0.3) is 11.8 Å². The topological polar surface area (TPSA) is 37.4 Å². The molecule has 3 nitrogen and oxygen atoms in total. The van der Waals surface area contributed by atoms with E-state index in [9.17, 15) is 9.59 Å². The van der Waals surface area contributed by atoms with Crippen LogP contribution in [0.1, 0.15) is 27.1 Å². The van der Waals surface area contributed by atoms with Gasteiger partial charge in [0.15, 0.2) is 0 Å². The Morgan fingerprint density at radius 3 is 2.19 bits per heavy atom. The Kier molecular flexibility index (Phi) is 3.19. The Morgan fingerprint density at radius 2 is 1.69 bits per heavy atom. The molecule has 4 heteroatoms. The SMILES string of the molecule is O=C1c2ccccc2C(=O)N1C=CCCBr. The molecule has 0 radical (unpaired) electrons. The van der Waals surface area contributed by atoms with Crippen LogP contribution in [0.4, 0.5) is 0 Å². The molecule has 1 aliphatic rings. The minimum Gasteiger partial charge on any atom is -0.268 e. The second-order valence-corrected chi connectivity index (χ2v) is 4.18. The average Bonchev–Trinajstić information content (AvgIpc) is 2.55. The fraction of sp³-hybridized carbons (Fsp3) is 0.167. The van der Waals surface area contributed by atoms with Crippen LogP contribution >= 0.6 is 15.9 Å². The van der Waals surface area contributed by atoms with Crippen molar-refractivity contribution in [2.45, 2.75) is 6.42 Å². The molecule has 1 aliphatic heterocycles. The molecule has 0 unspecified atom stereocenters. The monoisotopic (exact) mass is 279 g/mol. The van der Waals surface area contributed by atoms with Gasteiger partial charge in [0.1, 0.15) is 0 Å². The van der Waals surface area contributed by atoms with Gasteiger partial charge in [-0.2, -0.15) is 0 Å². The van der Waals surface area contributed by atoms with Gasteiger partial charge in [0, 0.05) is 11.5 Å². The van der Waals surface area contributed by atoms with Crippen molar-refractivity contribution in [3.63, 3.8) is 0 Å². The maximum Gasteiger partial charge on any atom is 0.265 e. The molecular formula is C12H10BrNO2. The Bertz CT molecular complexity index is 433. The van der Waals surface area contributed by atoms with E-state index < -0.39 is 0 Å². The van der Waals surface area contributed by atoms with Gasteiger partial charge in [0.2, 0.25) is 0 Å². The lowest BCUT2D eigenvalue weighted by Crippen LogP contribution is -2.23. The number of nitrogens with zero attached hydrogens (tertiary/aromatic N) is 1. The first-order valence-corrected chi connectivity index (χ1v) is 6.07. The van der Waals surface area contributed by atoms with E-state index in [0.717, 1.165) is 16.7 Å². The summed E-state index contributed by atoms with van der Waals surface area (Å²) in [6.45, 7) is 0. The molecule has 1 heterocycles. The molecule has 2 rings (SSSR count). The number of carbonyl (C=O) groups excluding carboxylic acids is 2. The first kappa shape index (κ1) is 11.1. The van der Waals surface area contributed by atoms with Crippen molar-refractivity contribution in [1.29, 1.82) is 0 Å². The minimum absolute atomic E-state index is 0.244. The van der Waals surface area contributed by atoms with Crippen LogP contribution in [0.5, 0.6) is 0 Å². The first-order chi connectivity index (χ1) is 7.75. The summed E-state index contributed by atoms with van der Waals surface area (Å²) in [4.78, 5) is 24.8. The van der Waals surface area contributed by atoms with E-state index in [1.807, 2.05) is 0 Å². The van der Waals surface area contributed by atoms with Gasteiger partial charge in [-0.3, -0.25) is 9.59 Å². The first-order valence-electron chi connectivity index (χ1n) is 4.95. The van der Waals surface area contributed by atoms with Crippen LogP contribution in [0.25, 0.3) is 0 Å². The van der Waals surface area contributed by atoms with E-state index >= 15 is 0 Å². The molecule has 0 aliphatic carbocycles. The minimum atomic E-state index is -0.244. The average molecular weight is 280 g/mol. The molecule has 1 aromatic rings. The van der Waals surface area contributed by atoms with E-state index in [-0.39, 0.29) is 11.8 Å². The molecule has 1 aromatic carbocycles. The smallest absolute Gasteiger partial charge is 0.265 e. The Balaban J connectivity index is 2.28. The van der Waals surface area contributed by atoms with E-state index in [1.54, 1.807) is 36.5 Å². The van der Waals surface area contributed by atoms with E-state index in [4.69, 9.17) is 0 Å². The molecular weight excluding hydrogens is 270 g/mol. The second-order valence-electron chi connectivity index (χ2n) is 3.39. The number of fused-ring (bicyclic) bond motifs is 1. The highest BCUT2D eigenvalue weighted by Crippen LogP contribution is 2.22. The van der Waals surface area contributed by atoms with Gasteiger partial charge in [-0.25, -0.2) is 4.90 Å². The molecule has 0 saturated heterocycles. The van der Waals surface area contributed by atoms with Crippen molar-refractivity contribution in [1.82, 2.24) is 4.90 Å². The summed E-state index contributed by atoms with van der Waals surface area (Å²) in [6.07, 6.45) is 4.13. The summed E-state index contributed by atoms with van der Waals surface area (Å²) < 4.78 is 0. The van der Waals surface area contributed by atoms with Gasteiger partial charge in [0.05, 0.1) is 11.1 Å². The van der Waals surface area contributed by atoms with Gasteiger partial charge >= 0.3 is 0 Å². The summed E-state index contributed by atoms with van der Waals surface area (Å²) in [7, 11) is 0. The van der Waals surface area contributed by atoms with Gasteiger partial charge in [-0.15, -0.1) is 0 Å². The number of imide groups is 1. The predicted octanol–water partition coefficient (Wildman–Crippen LogP) is 2.58. The van der Waals surface area contributed by atoms with Crippen molar-refractivity contribution < 1.29 is 9.59 Å². The highest BCUT2D eigenvalue weighted by Gasteiger charge is 2.33. The predicted molar refractivity (Wildman–Crippen MR) is 64.5 cm³/mol. The largest absolute Gasteiger partial charge is 0.268 e. The van der Waals surface area contributed by atoms with Crippen LogP contribution < -0.4 is 0 Å². The summed E-state index contributed by atoms with van der Waals surface area (Å²) in [5, 5.41) is 0.812. The molecule has 0 aromatic heterocycles. The van der Waals surface area contributed by atoms with Gasteiger partial charge < -0.3 is 0 Å². The molecule has 82 valence electrons. The third-order valence-corrected chi connectivity index (χ3v) is 2.81. The summed E-state index contributed by atoms with van der Waals surface area (Å²) in [5.74, 6) is -0.488. The molecule has 0 spiro atoms. The number of halogens is 1. The zero-order valence-electron chi connectivity index (χ0n) is 8.52. The van der Waals surface area contributed by atoms with Crippen LogP contribution in [0, 0.1) is 0 Å². The van der Waals surface area contributed by atoms with Crippen LogP contribution in [0.3, 0.4) is 0 Å². The van der Waals surface area contributed by atoms with Gasteiger partial charge in [-0.05, 0) is 18.6 Å². The fourth-order valence-electron chi connectivity index (χ4n) is 1.59. The van der Waals surface area contributed by atoms with Crippen LogP contribution in [-0.2, 0) is 0 Å². The Morgan fingerprint density at radius 1 is 1.12 bits per heavy atom. The molecule has 0 fully saturated rings. The van der Waals surface area contributed by atoms with Crippen LogP contribution in [0.15, 0.2) is 36.5 Å². The normalized spacial score (nSPS) is 14.9. The zero-order valence-corrected chi connectivity index (χ0v) is 10.1. The number of alkyl halides is 1.